The van der Waals surface area contributed by atoms with Gasteiger partial charge in [0.2, 0.25) is 0 Å². The Morgan fingerprint density at radius 3 is 2.74 bits per heavy atom. The van der Waals surface area contributed by atoms with Gasteiger partial charge in [0.05, 0.1) is 0 Å². The lowest BCUT2D eigenvalue weighted by Crippen LogP contribution is -2.33. The summed E-state index contributed by atoms with van der Waals surface area (Å²) in [4.78, 5) is 2.47. The van der Waals surface area contributed by atoms with Crippen LogP contribution in [0, 0.1) is 0 Å². The molecule has 1 aromatic rings. The predicted octanol–water partition coefficient (Wildman–Crippen LogP) is 2.71. The lowest BCUT2D eigenvalue weighted by atomic mass is 10.1. The highest BCUT2D eigenvalue weighted by Crippen LogP contribution is 2.23. The number of nitrogens with zero attached hydrogens (tertiary/aromatic N) is 1. The smallest absolute Gasteiger partial charge is 0.122 e. The third-order valence-corrected chi connectivity index (χ3v) is 3.79. The van der Waals surface area contributed by atoms with E-state index in [9.17, 15) is 0 Å². The first kappa shape index (κ1) is 14.6. The van der Waals surface area contributed by atoms with E-state index in [4.69, 9.17) is 22.1 Å². The minimum absolute atomic E-state index is 0.614. The van der Waals surface area contributed by atoms with Gasteiger partial charge in [-0.3, -0.25) is 4.90 Å². The van der Waals surface area contributed by atoms with Crippen LogP contribution < -0.4 is 10.5 Å². The van der Waals surface area contributed by atoms with Gasteiger partial charge in [0.1, 0.15) is 12.4 Å². The van der Waals surface area contributed by atoms with E-state index in [1.807, 2.05) is 18.2 Å². The van der Waals surface area contributed by atoms with E-state index in [1.54, 1.807) is 0 Å². The summed E-state index contributed by atoms with van der Waals surface area (Å²) in [5.41, 5.74) is 6.72. The standard InChI is InChI=1S/C15H23ClN2O/c16-14-4-5-15(13(12-14)6-7-17)19-11-10-18-8-2-1-3-9-18/h4-5,12H,1-3,6-11,17H2. The molecule has 0 spiro atoms. The van der Waals surface area contributed by atoms with Crippen molar-refractivity contribution in [3.8, 4) is 5.75 Å². The minimum Gasteiger partial charge on any atom is -0.492 e. The highest BCUT2D eigenvalue weighted by molar-refractivity contribution is 6.30. The maximum atomic E-state index is 6.00. The number of nitrogens with two attached hydrogens (primary N) is 1. The molecule has 1 aromatic carbocycles. The van der Waals surface area contributed by atoms with Gasteiger partial charge in [-0.05, 0) is 62.7 Å². The summed E-state index contributed by atoms with van der Waals surface area (Å²) < 4.78 is 5.89. The van der Waals surface area contributed by atoms with E-state index in [1.165, 1.54) is 32.4 Å². The summed E-state index contributed by atoms with van der Waals surface area (Å²) in [6, 6.07) is 5.77. The molecule has 2 N–H and O–H groups in total. The van der Waals surface area contributed by atoms with Crippen molar-refractivity contribution in [1.82, 2.24) is 4.90 Å². The van der Waals surface area contributed by atoms with Crippen LogP contribution in [0.15, 0.2) is 18.2 Å². The molecule has 0 unspecified atom stereocenters. The number of rotatable bonds is 6. The highest BCUT2D eigenvalue weighted by Gasteiger charge is 2.10. The molecule has 0 aromatic heterocycles. The van der Waals surface area contributed by atoms with Gasteiger partial charge >= 0.3 is 0 Å². The monoisotopic (exact) mass is 282 g/mol. The molecular formula is C15H23ClN2O. The molecule has 1 heterocycles. The molecule has 1 aliphatic rings. The average Bonchev–Trinajstić information content (AvgIpc) is 2.43. The van der Waals surface area contributed by atoms with E-state index >= 15 is 0 Å². The molecule has 1 fully saturated rings. The number of halogens is 1. The zero-order valence-corrected chi connectivity index (χ0v) is 12.2. The summed E-state index contributed by atoms with van der Waals surface area (Å²) in [5.74, 6) is 0.923. The van der Waals surface area contributed by atoms with Crippen LogP contribution in [0.2, 0.25) is 5.02 Å². The number of ether oxygens (including phenoxy) is 1. The van der Waals surface area contributed by atoms with Gasteiger partial charge < -0.3 is 10.5 Å². The summed E-state index contributed by atoms with van der Waals surface area (Å²) >= 11 is 6.00. The van der Waals surface area contributed by atoms with E-state index in [0.29, 0.717) is 6.54 Å². The molecule has 0 atom stereocenters. The van der Waals surface area contributed by atoms with Crippen LogP contribution in [0.5, 0.6) is 5.75 Å². The SMILES string of the molecule is NCCc1cc(Cl)ccc1OCCN1CCCCC1. The van der Waals surface area contributed by atoms with Gasteiger partial charge in [0.25, 0.3) is 0 Å². The first-order valence-corrected chi connectivity index (χ1v) is 7.51. The van der Waals surface area contributed by atoms with Crippen molar-refractivity contribution < 1.29 is 4.74 Å². The Hall–Kier alpha value is -0.770. The Bertz CT molecular complexity index is 392. The molecule has 4 heteroatoms. The van der Waals surface area contributed by atoms with E-state index in [2.05, 4.69) is 4.90 Å². The second kappa shape index (κ2) is 7.73. The van der Waals surface area contributed by atoms with Gasteiger partial charge in [0.15, 0.2) is 0 Å². The lowest BCUT2D eigenvalue weighted by molar-refractivity contribution is 0.183. The van der Waals surface area contributed by atoms with Crippen molar-refractivity contribution in [1.29, 1.82) is 0 Å². The summed E-state index contributed by atoms with van der Waals surface area (Å²) in [6.07, 6.45) is 4.81. The molecule has 0 radical (unpaired) electrons. The molecule has 2 rings (SSSR count). The molecule has 3 nitrogen and oxygen atoms in total. The van der Waals surface area contributed by atoms with Crippen LogP contribution in [0.3, 0.4) is 0 Å². The van der Waals surface area contributed by atoms with Crippen molar-refractivity contribution in [2.45, 2.75) is 25.7 Å². The third-order valence-electron chi connectivity index (χ3n) is 3.55. The summed E-state index contributed by atoms with van der Waals surface area (Å²) in [6.45, 7) is 4.77. The Kier molecular flexibility index (Phi) is 5.95. The van der Waals surface area contributed by atoms with Gasteiger partial charge in [-0.25, -0.2) is 0 Å². The Labute approximate surface area is 120 Å². The molecule has 1 aliphatic heterocycles. The molecule has 106 valence electrons. The van der Waals surface area contributed by atoms with Gasteiger partial charge in [-0.1, -0.05) is 18.0 Å². The first-order valence-electron chi connectivity index (χ1n) is 7.13. The first-order chi connectivity index (χ1) is 9.29. The van der Waals surface area contributed by atoms with E-state index in [0.717, 1.165) is 35.9 Å². The van der Waals surface area contributed by atoms with Crippen molar-refractivity contribution in [2.24, 2.45) is 5.73 Å². The molecule has 0 aliphatic carbocycles. The number of benzene rings is 1. The quantitative estimate of drug-likeness (QED) is 0.872. The Morgan fingerprint density at radius 1 is 1.21 bits per heavy atom. The van der Waals surface area contributed by atoms with E-state index in [-0.39, 0.29) is 0 Å². The van der Waals surface area contributed by atoms with Crippen LogP contribution in [0.4, 0.5) is 0 Å². The van der Waals surface area contributed by atoms with Crippen molar-refractivity contribution in [2.75, 3.05) is 32.8 Å². The fourth-order valence-corrected chi connectivity index (χ4v) is 2.70. The number of hydrogen-bond acceptors (Lipinski definition) is 3. The van der Waals surface area contributed by atoms with Crippen LogP contribution in [0.25, 0.3) is 0 Å². The number of piperidine rings is 1. The second-order valence-corrected chi connectivity index (χ2v) is 5.48. The van der Waals surface area contributed by atoms with Crippen molar-refractivity contribution >= 4 is 11.6 Å². The highest BCUT2D eigenvalue weighted by atomic mass is 35.5. The zero-order chi connectivity index (χ0) is 13.5. The zero-order valence-electron chi connectivity index (χ0n) is 11.4. The Morgan fingerprint density at radius 2 is 2.00 bits per heavy atom. The number of likely N-dealkylation sites (tertiary alicyclic amines) is 1. The fraction of sp³-hybridized carbons (Fsp3) is 0.600. The van der Waals surface area contributed by atoms with Gasteiger partial charge in [-0.15, -0.1) is 0 Å². The molecule has 0 saturated carbocycles. The van der Waals surface area contributed by atoms with Gasteiger partial charge in [-0.2, -0.15) is 0 Å². The van der Waals surface area contributed by atoms with Crippen LogP contribution in [-0.4, -0.2) is 37.7 Å². The molecule has 19 heavy (non-hydrogen) atoms. The Balaban J connectivity index is 1.84. The minimum atomic E-state index is 0.614. The topological polar surface area (TPSA) is 38.5 Å². The van der Waals surface area contributed by atoms with Gasteiger partial charge in [0, 0.05) is 11.6 Å². The number of hydrogen-bond donors (Lipinski definition) is 1. The molecular weight excluding hydrogens is 260 g/mol. The molecule has 1 saturated heterocycles. The summed E-state index contributed by atoms with van der Waals surface area (Å²) in [7, 11) is 0. The van der Waals surface area contributed by atoms with Crippen LogP contribution in [0.1, 0.15) is 24.8 Å². The van der Waals surface area contributed by atoms with Crippen LogP contribution in [-0.2, 0) is 6.42 Å². The normalized spacial score (nSPS) is 16.5. The van der Waals surface area contributed by atoms with Crippen LogP contribution >= 0.6 is 11.6 Å². The second-order valence-electron chi connectivity index (χ2n) is 5.04. The lowest BCUT2D eigenvalue weighted by Gasteiger charge is -2.26. The summed E-state index contributed by atoms with van der Waals surface area (Å²) in [5, 5.41) is 0.742. The van der Waals surface area contributed by atoms with E-state index < -0.39 is 0 Å². The van der Waals surface area contributed by atoms with Crippen molar-refractivity contribution in [3.63, 3.8) is 0 Å². The predicted molar refractivity (Wildman–Crippen MR) is 80.0 cm³/mol. The van der Waals surface area contributed by atoms with Crippen molar-refractivity contribution in [3.05, 3.63) is 28.8 Å². The molecule has 0 amide bonds. The average molecular weight is 283 g/mol. The largest absolute Gasteiger partial charge is 0.492 e. The fourth-order valence-electron chi connectivity index (χ4n) is 2.51. The molecule has 0 bridgehead atoms. The third kappa shape index (κ3) is 4.68. The maximum absolute atomic E-state index is 6.00. The maximum Gasteiger partial charge on any atom is 0.122 e.